The van der Waals surface area contributed by atoms with Gasteiger partial charge in [-0.3, -0.25) is 0 Å². The molecule has 3 rings (SSSR count). The van der Waals surface area contributed by atoms with Crippen LogP contribution in [0, 0.1) is 0 Å². The zero-order chi connectivity index (χ0) is 12.9. The van der Waals surface area contributed by atoms with Crippen molar-refractivity contribution in [2.75, 3.05) is 49.6 Å². The van der Waals surface area contributed by atoms with Crippen LogP contribution >= 0.6 is 0 Å². The van der Waals surface area contributed by atoms with Crippen molar-refractivity contribution in [1.82, 2.24) is 15.3 Å². The number of nitrogens with one attached hydrogen (secondary N) is 2. The molecular weight excluding hydrogens is 242 g/mol. The van der Waals surface area contributed by atoms with Gasteiger partial charge in [-0.2, -0.15) is 0 Å². The van der Waals surface area contributed by atoms with Crippen molar-refractivity contribution in [3.05, 3.63) is 12.4 Å². The average molecular weight is 263 g/mol. The monoisotopic (exact) mass is 263 g/mol. The largest absolute Gasteiger partial charge is 0.378 e. The van der Waals surface area contributed by atoms with Crippen molar-refractivity contribution in [1.29, 1.82) is 0 Å². The van der Waals surface area contributed by atoms with Crippen molar-refractivity contribution in [2.45, 2.75) is 18.9 Å². The van der Waals surface area contributed by atoms with Gasteiger partial charge in [0, 0.05) is 38.3 Å². The fourth-order valence-corrected chi connectivity index (χ4v) is 2.54. The van der Waals surface area contributed by atoms with E-state index >= 15 is 0 Å². The van der Waals surface area contributed by atoms with Gasteiger partial charge in [-0.05, 0) is 12.8 Å². The predicted molar refractivity (Wildman–Crippen MR) is 74.6 cm³/mol. The molecule has 0 aromatic carbocycles. The Morgan fingerprint density at radius 2 is 2.26 bits per heavy atom. The summed E-state index contributed by atoms with van der Waals surface area (Å²) in [7, 11) is 0. The molecule has 6 nitrogen and oxygen atoms in total. The highest BCUT2D eigenvalue weighted by molar-refractivity contribution is 5.48. The molecule has 0 amide bonds. The summed E-state index contributed by atoms with van der Waals surface area (Å²) in [6.45, 7) is 5.54. The second kappa shape index (κ2) is 6.16. The second-order valence-electron chi connectivity index (χ2n) is 5.06. The molecule has 0 saturated carbocycles. The number of anilines is 2. The standard InChI is InChI=1S/C13H21N5O/c1-2-5-18(4-1)13-7-12(16-10-17-13)15-8-11-9-19-6-3-14-11/h7,10-11,14H,1-6,8-9H2,(H,15,16,17). The van der Waals surface area contributed by atoms with Gasteiger partial charge in [-0.1, -0.05) is 0 Å². The van der Waals surface area contributed by atoms with E-state index in [1.165, 1.54) is 12.8 Å². The molecule has 2 saturated heterocycles. The summed E-state index contributed by atoms with van der Waals surface area (Å²) in [6.07, 6.45) is 4.16. The van der Waals surface area contributed by atoms with E-state index in [4.69, 9.17) is 4.74 Å². The summed E-state index contributed by atoms with van der Waals surface area (Å²) in [5.41, 5.74) is 0. The SMILES string of the molecule is c1nc(NCC2COCCN2)cc(N2CCCC2)n1. The highest BCUT2D eigenvalue weighted by Gasteiger charge is 2.15. The van der Waals surface area contributed by atoms with Crippen molar-refractivity contribution in [3.8, 4) is 0 Å². The topological polar surface area (TPSA) is 62.3 Å². The van der Waals surface area contributed by atoms with E-state index in [1.54, 1.807) is 6.33 Å². The van der Waals surface area contributed by atoms with Crippen molar-refractivity contribution in [2.24, 2.45) is 0 Å². The molecule has 0 aliphatic carbocycles. The summed E-state index contributed by atoms with van der Waals surface area (Å²) in [4.78, 5) is 10.9. The lowest BCUT2D eigenvalue weighted by Gasteiger charge is -2.24. The van der Waals surface area contributed by atoms with E-state index in [2.05, 4.69) is 25.5 Å². The fourth-order valence-electron chi connectivity index (χ4n) is 2.54. The van der Waals surface area contributed by atoms with Crippen LogP contribution in [0.2, 0.25) is 0 Å². The number of hydrogen-bond donors (Lipinski definition) is 2. The van der Waals surface area contributed by atoms with Crippen LogP contribution in [0.25, 0.3) is 0 Å². The molecule has 0 radical (unpaired) electrons. The maximum Gasteiger partial charge on any atom is 0.134 e. The van der Waals surface area contributed by atoms with E-state index in [0.717, 1.165) is 51.0 Å². The molecule has 1 unspecified atom stereocenters. The summed E-state index contributed by atoms with van der Waals surface area (Å²) < 4.78 is 5.43. The van der Waals surface area contributed by atoms with E-state index < -0.39 is 0 Å². The van der Waals surface area contributed by atoms with Crippen LogP contribution in [0.5, 0.6) is 0 Å². The Hall–Kier alpha value is -1.40. The highest BCUT2D eigenvalue weighted by Crippen LogP contribution is 2.19. The third kappa shape index (κ3) is 3.33. The molecule has 2 fully saturated rings. The lowest BCUT2D eigenvalue weighted by molar-refractivity contribution is 0.0806. The fraction of sp³-hybridized carbons (Fsp3) is 0.692. The third-order valence-electron chi connectivity index (χ3n) is 3.61. The van der Waals surface area contributed by atoms with Crippen LogP contribution in [0.1, 0.15) is 12.8 Å². The average Bonchev–Trinajstić information content (AvgIpc) is 3.01. The molecule has 6 heteroatoms. The highest BCUT2D eigenvalue weighted by atomic mass is 16.5. The number of aromatic nitrogens is 2. The summed E-state index contributed by atoms with van der Waals surface area (Å²) in [5, 5.41) is 6.78. The van der Waals surface area contributed by atoms with Crippen LogP contribution in [0.4, 0.5) is 11.6 Å². The molecule has 0 bridgehead atoms. The Morgan fingerprint density at radius 1 is 1.37 bits per heavy atom. The first-order chi connectivity index (χ1) is 9.42. The predicted octanol–water partition coefficient (Wildman–Crippen LogP) is 0.477. The zero-order valence-electron chi connectivity index (χ0n) is 11.1. The molecule has 104 valence electrons. The van der Waals surface area contributed by atoms with Crippen LogP contribution in [0.15, 0.2) is 12.4 Å². The smallest absolute Gasteiger partial charge is 0.134 e. The van der Waals surface area contributed by atoms with Crippen LogP contribution in [-0.2, 0) is 4.74 Å². The first kappa shape index (κ1) is 12.6. The van der Waals surface area contributed by atoms with Crippen molar-refractivity contribution >= 4 is 11.6 Å². The first-order valence-electron chi connectivity index (χ1n) is 7.04. The maximum atomic E-state index is 5.43. The number of nitrogens with zero attached hydrogens (tertiary/aromatic N) is 3. The molecule has 1 aromatic rings. The van der Waals surface area contributed by atoms with Gasteiger partial charge in [0.1, 0.15) is 18.0 Å². The second-order valence-corrected chi connectivity index (χ2v) is 5.06. The lowest BCUT2D eigenvalue weighted by atomic mass is 10.3. The quantitative estimate of drug-likeness (QED) is 0.824. The first-order valence-corrected chi connectivity index (χ1v) is 7.04. The molecule has 1 aromatic heterocycles. The minimum Gasteiger partial charge on any atom is -0.378 e. The number of ether oxygens (including phenoxy) is 1. The molecule has 1 atom stereocenters. The van der Waals surface area contributed by atoms with Crippen molar-refractivity contribution in [3.63, 3.8) is 0 Å². The lowest BCUT2D eigenvalue weighted by Crippen LogP contribution is -2.45. The summed E-state index contributed by atoms with van der Waals surface area (Å²) in [6, 6.07) is 2.40. The van der Waals surface area contributed by atoms with E-state index in [1.807, 2.05) is 6.07 Å². The Kier molecular flexibility index (Phi) is 4.10. The third-order valence-corrected chi connectivity index (χ3v) is 3.61. The van der Waals surface area contributed by atoms with Crippen molar-refractivity contribution < 1.29 is 4.74 Å². The van der Waals surface area contributed by atoms with Gasteiger partial charge >= 0.3 is 0 Å². The van der Waals surface area contributed by atoms with Crippen LogP contribution < -0.4 is 15.5 Å². The Bertz CT molecular complexity index is 402. The van der Waals surface area contributed by atoms with Gasteiger partial charge in [-0.25, -0.2) is 9.97 Å². The molecule has 2 N–H and O–H groups in total. The molecule has 0 spiro atoms. The normalized spacial score (nSPS) is 23.6. The van der Waals surface area contributed by atoms with Gasteiger partial charge in [0.15, 0.2) is 0 Å². The minimum absolute atomic E-state index is 0.360. The Balaban J connectivity index is 1.56. The minimum atomic E-state index is 0.360. The molecule has 3 heterocycles. The van der Waals surface area contributed by atoms with Gasteiger partial charge in [0.05, 0.1) is 13.2 Å². The number of rotatable bonds is 4. The van der Waals surface area contributed by atoms with E-state index in [0.29, 0.717) is 6.04 Å². The number of hydrogen-bond acceptors (Lipinski definition) is 6. The van der Waals surface area contributed by atoms with Gasteiger partial charge in [-0.15, -0.1) is 0 Å². The Morgan fingerprint density at radius 3 is 3.05 bits per heavy atom. The zero-order valence-corrected chi connectivity index (χ0v) is 11.1. The van der Waals surface area contributed by atoms with Gasteiger partial charge in [0.2, 0.25) is 0 Å². The molecule has 2 aliphatic heterocycles. The number of morpholine rings is 1. The van der Waals surface area contributed by atoms with Gasteiger partial charge in [0.25, 0.3) is 0 Å². The summed E-state index contributed by atoms with van der Waals surface area (Å²) in [5.74, 6) is 1.92. The van der Waals surface area contributed by atoms with Gasteiger partial charge < -0.3 is 20.3 Å². The summed E-state index contributed by atoms with van der Waals surface area (Å²) >= 11 is 0. The van der Waals surface area contributed by atoms with E-state index in [9.17, 15) is 0 Å². The van der Waals surface area contributed by atoms with E-state index in [-0.39, 0.29) is 0 Å². The van der Waals surface area contributed by atoms with Crippen LogP contribution in [-0.4, -0.2) is 55.4 Å². The molecular formula is C13H21N5O. The maximum absolute atomic E-state index is 5.43. The van der Waals surface area contributed by atoms with Crippen LogP contribution in [0.3, 0.4) is 0 Å². The Labute approximate surface area is 113 Å². The molecule has 2 aliphatic rings. The molecule has 19 heavy (non-hydrogen) atoms.